The highest BCUT2D eigenvalue weighted by atomic mass is 32.2. The first-order valence-electron chi connectivity index (χ1n) is 9.93. The van der Waals surface area contributed by atoms with E-state index in [0.29, 0.717) is 12.0 Å². The van der Waals surface area contributed by atoms with E-state index >= 15 is 0 Å². The molecular weight excluding hydrogens is 344 g/mol. The molecule has 0 fully saturated rings. The minimum absolute atomic E-state index is 0.229. The fourth-order valence-corrected chi connectivity index (χ4v) is 3.72. The Morgan fingerprint density at radius 1 is 0.885 bits per heavy atom. The minimum Gasteiger partial charge on any atom is -0.373 e. The molecule has 156 valence electrons. The third-order valence-corrected chi connectivity index (χ3v) is 5.47. The summed E-state index contributed by atoms with van der Waals surface area (Å²) in [7, 11) is 0. The van der Waals surface area contributed by atoms with Crippen LogP contribution in [-0.4, -0.2) is 34.8 Å². The van der Waals surface area contributed by atoms with Gasteiger partial charge >= 0.3 is 0 Å². The van der Waals surface area contributed by atoms with E-state index in [2.05, 4.69) is 55.4 Å². The molecule has 4 heteroatoms. The zero-order valence-electron chi connectivity index (χ0n) is 19.2. The molecule has 0 rings (SSSR count). The van der Waals surface area contributed by atoms with Crippen LogP contribution in [0.2, 0.25) is 0 Å². The van der Waals surface area contributed by atoms with Gasteiger partial charge in [0.2, 0.25) is 0 Å². The summed E-state index contributed by atoms with van der Waals surface area (Å²) in [6.45, 7) is 24.5. The molecule has 0 aliphatic rings. The molecule has 0 N–H and O–H groups in total. The Bertz CT molecular complexity index is 428. The predicted octanol–water partition coefficient (Wildman–Crippen LogP) is 6.49. The van der Waals surface area contributed by atoms with Crippen molar-refractivity contribution in [2.45, 2.75) is 112 Å². The number of hydrogen-bond donors (Lipinski definition) is 0. The predicted molar refractivity (Wildman–Crippen MR) is 115 cm³/mol. The van der Waals surface area contributed by atoms with Crippen molar-refractivity contribution in [1.29, 1.82) is 0 Å². The molecule has 0 aromatic heterocycles. The lowest BCUT2D eigenvalue weighted by molar-refractivity contribution is -0.123. The Hall–Kier alpha value is -0.0600. The van der Waals surface area contributed by atoms with Crippen molar-refractivity contribution in [2.24, 2.45) is 10.8 Å². The van der Waals surface area contributed by atoms with E-state index in [9.17, 15) is 4.79 Å². The lowest BCUT2D eigenvalue weighted by Crippen LogP contribution is -2.38. The summed E-state index contributed by atoms with van der Waals surface area (Å²) < 4.78 is 12.2. The molecule has 0 saturated carbocycles. The maximum absolute atomic E-state index is 12.2. The van der Waals surface area contributed by atoms with Gasteiger partial charge in [-0.25, -0.2) is 0 Å². The summed E-state index contributed by atoms with van der Waals surface area (Å²) >= 11 is 1.44. The van der Waals surface area contributed by atoms with E-state index in [4.69, 9.17) is 9.47 Å². The second-order valence-electron chi connectivity index (χ2n) is 11.0. The Morgan fingerprint density at radius 2 is 1.42 bits per heavy atom. The first-order chi connectivity index (χ1) is 11.4. The van der Waals surface area contributed by atoms with Crippen LogP contribution < -0.4 is 0 Å². The molecule has 0 bridgehead atoms. The monoisotopic (exact) mass is 388 g/mol. The van der Waals surface area contributed by atoms with Gasteiger partial charge in [-0.05, 0) is 52.4 Å². The van der Waals surface area contributed by atoms with Gasteiger partial charge < -0.3 is 9.47 Å². The van der Waals surface area contributed by atoms with Gasteiger partial charge in [-0.1, -0.05) is 60.2 Å². The Kier molecular flexibility index (Phi) is 9.91. The van der Waals surface area contributed by atoms with Gasteiger partial charge in [0, 0.05) is 17.3 Å². The normalized spacial score (nSPS) is 15.2. The largest absolute Gasteiger partial charge is 0.373 e. The van der Waals surface area contributed by atoms with Crippen LogP contribution in [-0.2, 0) is 14.3 Å². The molecule has 1 atom stereocenters. The fraction of sp³-hybridized carbons (Fsp3) is 0.955. The standard InChI is InChI=1S/C22H44O3S/c1-17(26-18(23)20(5,6)7)15-21(8,9)25-16-22(10,11)24-14-12-13-19(2,3)4/h17H,12-16H2,1-11H3. The molecule has 0 aromatic rings. The van der Waals surface area contributed by atoms with Crippen molar-refractivity contribution >= 4 is 16.9 Å². The number of hydrogen-bond acceptors (Lipinski definition) is 4. The Morgan fingerprint density at radius 3 is 1.88 bits per heavy atom. The van der Waals surface area contributed by atoms with Crippen molar-refractivity contribution in [1.82, 2.24) is 0 Å². The average Bonchev–Trinajstić information content (AvgIpc) is 2.39. The van der Waals surface area contributed by atoms with Gasteiger partial charge in [0.25, 0.3) is 0 Å². The summed E-state index contributed by atoms with van der Waals surface area (Å²) in [5.74, 6) is 0. The molecule has 0 radical (unpaired) electrons. The van der Waals surface area contributed by atoms with Crippen molar-refractivity contribution in [3.05, 3.63) is 0 Å². The average molecular weight is 389 g/mol. The lowest BCUT2D eigenvalue weighted by atomic mass is 9.91. The topological polar surface area (TPSA) is 35.5 Å². The summed E-state index contributed by atoms with van der Waals surface area (Å²) in [5.41, 5.74) is -0.527. The smallest absolute Gasteiger partial charge is 0.194 e. The number of carbonyl (C=O) groups excluding carboxylic acids is 1. The first kappa shape index (κ1) is 25.9. The Labute approximate surface area is 167 Å². The number of rotatable bonds is 10. The number of carbonyl (C=O) groups is 1. The van der Waals surface area contributed by atoms with Gasteiger partial charge in [-0.3, -0.25) is 4.79 Å². The maximum atomic E-state index is 12.2. The summed E-state index contributed by atoms with van der Waals surface area (Å²) in [4.78, 5) is 12.2. The second-order valence-corrected chi connectivity index (χ2v) is 12.4. The molecule has 0 heterocycles. The van der Waals surface area contributed by atoms with Crippen LogP contribution in [0.25, 0.3) is 0 Å². The van der Waals surface area contributed by atoms with Crippen molar-refractivity contribution in [3.8, 4) is 0 Å². The van der Waals surface area contributed by atoms with Crippen LogP contribution in [0.4, 0.5) is 0 Å². The van der Waals surface area contributed by atoms with Crippen molar-refractivity contribution in [3.63, 3.8) is 0 Å². The Balaban J connectivity index is 4.33. The zero-order valence-corrected chi connectivity index (χ0v) is 20.1. The minimum atomic E-state index is -0.299. The highest BCUT2D eigenvalue weighted by Crippen LogP contribution is 2.31. The highest BCUT2D eigenvalue weighted by Gasteiger charge is 2.30. The highest BCUT2D eigenvalue weighted by molar-refractivity contribution is 8.14. The van der Waals surface area contributed by atoms with Crippen LogP contribution in [0.5, 0.6) is 0 Å². The van der Waals surface area contributed by atoms with Crippen LogP contribution in [0, 0.1) is 10.8 Å². The number of ether oxygens (including phenoxy) is 2. The van der Waals surface area contributed by atoms with Gasteiger partial charge in [0.05, 0.1) is 17.8 Å². The lowest BCUT2D eigenvalue weighted by Gasteiger charge is -2.34. The summed E-state index contributed by atoms with van der Waals surface area (Å²) in [6, 6.07) is 0. The molecule has 0 aromatic carbocycles. The van der Waals surface area contributed by atoms with Gasteiger partial charge in [-0.2, -0.15) is 0 Å². The molecule has 26 heavy (non-hydrogen) atoms. The maximum Gasteiger partial charge on any atom is 0.194 e. The fourth-order valence-electron chi connectivity index (χ4n) is 2.51. The molecule has 1 unspecified atom stereocenters. The van der Waals surface area contributed by atoms with Crippen molar-refractivity contribution < 1.29 is 14.3 Å². The third-order valence-electron chi connectivity index (χ3n) is 4.07. The van der Waals surface area contributed by atoms with Crippen LogP contribution in [0.15, 0.2) is 0 Å². The first-order valence-corrected chi connectivity index (χ1v) is 10.8. The van der Waals surface area contributed by atoms with E-state index in [0.717, 1.165) is 25.9 Å². The molecule has 3 nitrogen and oxygen atoms in total. The molecule has 0 aliphatic heterocycles. The van der Waals surface area contributed by atoms with Crippen LogP contribution in [0.3, 0.4) is 0 Å². The van der Waals surface area contributed by atoms with Gasteiger partial charge in [-0.15, -0.1) is 0 Å². The van der Waals surface area contributed by atoms with Crippen LogP contribution >= 0.6 is 11.8 Å². The molecule has 0 saturated heterocycles. The summed E-state index contributed by atoms with van der Waals surface area (Å²) in [5, 5.41) is 0.468. The summed E-state index contributed by atoms with van der Waals surface area (Å²) in [6.07, 6.45) is 3.06. The van der Waals surface area contributed by atoms with E-state index in [-0.39, 0.29) is 27.0 Å². The number of thioether (sulfide) groups is 1. The van der Waals surface area contributed by atoms with E-state index in [1.165, 1.54) is 11.8 Å². The molecule has 0 amide bonds. The quantitative estimate of drug-likeness (QED) is 0.401. The SMILES string of the molecule is CC(CC(C)(C)OCC(C)(C)OCCCC(C)(C)C)SC(=O)C(C)(C)C. The van der Waals surface area contributed by atoms with Gasteiger partial charge in [0.15, 0.2) is 5.12 Å². The van der Waals surface area contributed by atoms with E-state index in [1.54, 1.807) is 0 Å². The van der Waals surface area contributed by atoms with Crippen molar-refractivity contribution in [2.75, 3.05) is 13.2 Å². The molecule has 0 aliphatic carbocycles. The van der Waals surface area contributed by atoms with E-state index in [1.807, 2.05) is 20.8 Å². The zero-order chi connectivity index (χ0) is 20.8. The third kappa shape index (κ3) is 13.2. The van der Waals surface area contributed by atoms with Crippen LogP contribution in [0.1, 0.15) is 95.4 Å². The van der Waals surface area contributed by atoms with Gasteiger partial charge in [0.1, 0.15) is 0 Å². The molecular formula is C22H44O3S. The van der Waals surface area contributed by atoms with E-state index < -0.39 is 0 Å². The second kappa shape index (κ2) is 9.93. The molecule has 0 spiro atoms.